The van der Waals surface area contributed by atoms with Crippen molar-refractivity contribution in [1.29, 1.82) is 0 Å². The molecule has 1 aromatic carbocycles. The Labute approximate surface area is 151 Å². The van der Waals surface area contributed by atoms with Crippen molar-refractivity contribution < 1.29 is 4.79 Å². The minimum Gasteiger partial charge on any atom is -0.333 e. The Hall–Kier alpha value is -2.73. The Morgan fingerprint density at radius 3 is 2.64 bits per heavy atom. The third-order valence-corrected chi connectivity index (χ3v) is 4.05. The highest BCUT2D eigenvalue weighted by atomic mass is 35.5. The van der Waals surface area contributed by atoms with Crippen LogP contribution in [0.5, 0.6) is 0 Å². The zero-order chi connectivity index (χ0) is 17.8. The van der Waals surface area contributed by atoms with Crippen LogP contribution in [0.25, 0.3) is 5.69 Å². The normalized spacial score (nSPS) is 10.7. The van der Waals surface area contributed by atoms with Crippen molar-refractivity contribution >= 4 is 17.5 Å². The zero-order valence-corrected chi connectivity index (χ0v) is 14.8. The molecule has 1 amide bonds. The van der Waals surface area contributed by atoms with Crippen LogP contribution in [-0.2, 0) is 13.0 Å². The minimum absolute atomic E-state index is 0.148. The number of para-hydroxylation sites is 1. The number of halogens is 1. The van der Waals surface area contributed by atoms with E-state index in [4.69, 9.17) is 11.6 Å². The number of amides is 1. The van der Waals surface area contributed by atoms with Crippen LogP contribution in [0.15, 0.2) is 48.7 Å². The second-order valence-corrected chi connectivity index (χ2v) is 5.96. The number of carbonyl (C=O) groups excluding carboxylic acids is 1. The van der Waals surface area contributed by atoms with Crippen molar-refractivity contribution in [2.24, 2.45) is 0 Å². The molecule has 6 nitrogen and oxygen atoms in total. The molecule has 0 spiro atoms. The first kappa shape index (κ1) is 17.1. The van der Waals surface area contributed by atoms with E-state index in [1.807, 2.05) is 43.3 Å². The molecule has 3 aromatic rings. The van der Waals surface area contributed by atoms with Gasteiger partial charge in [0, 0.05) is 19.7 Å². The lowest BCUT2D eigenvalue weighted by Crippen LogP contribution is -2.27. The summed E-state index contributed by atoms with van der Waals surface area (Å²) >= 11 is 6.25. The van der Waals surface area contributed by atoms with Gasteiger partial charge < -0.3 is 4.90 Å². The summed E-state index contributed by atoms with van der Waals surface area (Å²) in [6.45, 7) is 2.35. The van der Waals surface area contributed by atoms with Gasteiger partial charge in [0.1, 0.15) is 5.82 Å². The maximum atomic E-state index is 12.7. The van der Waals surface area contributed by atoms with E-state index in [1.54, 1.807) is 28.9 Å². The molecule has 0 aliphatic heterocycles. The molecule has 7 heteroatoms. The minimum atomic E-state index is -0.258. The van der Waals surface area contributed by atoms with Crippen LogP contribution in [-0.4, -0.2) is 37.6 Å². The third-order valence-electron chi connectivity index (χ3n) is 3.73. The van der Waals surface area contributed by atoms with E-state index in [0.29, 0.717) is 29.5 Å². The average molecular weight is 356 g/mol. The van der Waals surface area contributed by atoms with Crippen LogP contribution in [0.4, 0.5) is 0 Å². The van der Waals surface area contributed by atoms with E-state index in [-0.39, 0.29) is 11.7 Å². The summed E-state index contributed by atoms with van der Waals surface area (Å²) in [4.78, 5) is 22.8. The van der Waals surface area contributed by atoms with Gasteiger partial charge in [-0.05, 0) is 24.3 Å². The molecule has 2 aromatic heterocycles. The van der Waals surface area contributed by atoms with Gasteiger partial charge in [0.25, 0.3) is 5.91 Å². The van der Waals surface area contributed by atoms with Crippen LogP contribution in [0.1, 0.15) is 29.1 Å². The first-order valence-corrected chi connectivity index (χ1v) is 8.34. The molecule has 0 saturated heterocycles. The molecule has 0 saturated carbocycles. The van der Waals surface area contributed by atoms with Crippen LogP contribution in [0.2, 0.25) is 5.02 Å². The van der Waals surface area contributed by atoms with Gasteiger partial charge in [-0.15, -0.1) is 5.10 Å². The van der Waals surface area contributed by atoms with Gasteiger partial charge in [-0.25, -0.2) is 9.67 Å². The van der Waals surface area contributed by atoms with Crippen LogP contribution in [0.3, 0.4) is 0 Å². The van der Waals surface area contributed by atoms with E-state index in [9.17, 15) is 4.79 Å². The van der Waals surface area contributed by atoms with Crippen LogP contribution < -0.4 is 0 Å². The number of carbonyl (C=O) groups is 1. The number of benzene rings is 1. The van der Waals surface area contributed by atoms with Gasteiger partial charge in [-0.2, -0.15) is 0 Å². The van der Waals surface area contributed by atoms with Crippen LogP contribution in [0, 0.1) is 0 Å². The molecule has 3 rings (SSSR count). The Morgan fingerprint density at radius 1 is 1.20 bits per heavy atom. The first-order valence-electron chi connectivity index (χ1n) is 7.96. The maximum Gasteiger partial charge on any atom is 0.293 e. The second-order valence-electron chi connectivity index (χ2n) is 5.55. The SMILES string of the molecule is CCc1nc(C(=O)N(C)Cc2ccccn2)nn1-c1ccccc1Cl. The Morgan fingerprint density at radius 2 is 1.96 bits per heavy atom. The fourth-order valence-electron chi connectivity index (χ4n) is 2.46. The summed E-state index contributed by atoms with van der Waals surface area (Å²) in [6, 6.07) is 13.0. The molecule has 0 unspecified atom stereocenters. The lowest BCUT2D eigenvalue weighted by molar-refractivity contribution is 0.0771. The average Bonchev–Trinajstić information content (AvgIpc) is 3.06. The number of hydrogen-bond donors (Lipinski definition) is 0. The standard InChI is InChI=1S/C18H18ClN5O/c1-3-16-21-17(22-24(16)15-10-5-4-9-14(15)19)18(25)23(2)12-13-8-6-7-11-20-13/h4-11H,3,12H2,1-2H3. The van der Waals surface area contributed by atoms with E-state index in [0.717, 1.165) is 5.69 Å². The van der Waals surface area contributed by atoms with Crippen LogP contribution >= 0.6 is 11.6 Å². The molecule has 25 heavy (non-hydrogen) atoms. The maximum absolute atomic E-state index is 12.7. The lowest BCUT2D eigenvalue weighted by atomic mass is 10.3. The lowest BCUT2D eigenvalue weighted by Gasteiger charge is -2.14. The summed E-state index contributed by atoms with van der Waals surface area (Å²) in [7, 11) is 1.71. The summed E-state index contributed by atoms with van der Waals surface area (Å²) in [5.41, 5.74) is 1.51. The van der Waals surface area contributed by atoms with Gasteiger partial charge in [0.2, 0.25) is 5.82 Å². The largest absolute Gasteiger partial charge is 0.333 e. The number of aryl methyl sites for hydroxylation is 1. The van der Waals surface area contributed by atoms with Gasteiger partial charge in [0.05, 0.1) is 22.9 Å². The smallest absolute Gasteiger partial charge is 0.293 e. The van der Waals surface area contributed by atoms with Gasteiger partial charge in [-0.1, -0.05) is 36.7 Å². The summed E-state index contributed by atoms with van der Waals surface area (Å²) in [5, 5.41) is 4.94. The quantitative estimate of drug-likeness (QED) is 0.705. The topological polar surface area (TPSA) is 63.9 Å². The predicted molar refractivity (Wildman–Crippen MR) is 95.8 cm³/mol. The van der Waals surface area contributed by atoms with Crippen molar-refractivity contribution in [3.8, 4) is 5.69 Å². The summed E-state index contributed by atoms with van der Waals surface area (Å²) < 4.78 is 1.63. The third kappa shape index (κ3) is 3.69. The fraction of sp³-hybridized carbons (Fsp3) is 0.222. The summed E-state index contributed by atoms with van der Waals surface area (Å²) in [5.74, 6) is 0.573. The van der Waals surface area contributed by atoms with Crippen molar-refractivity contribution in [3.05, 3.63) is 71.0 Å². The zero-order valence-electron chi connectivity index (χ0n) is 14.1. The Balaban J connectivity index is 1.88. The predicted octanol–water partition coefficient (Wildman–Crippen LogP) is 3.15. The van der Waals surface area contributed by atoms with Gasteiger partial charge in [0.15, 0.2) is 0 Å². The number of nitrogens with zero attached hydrogens (tertiary/aromatic N) is 5. The molecule has 0 bridgehead atoms. The molecule has 0 aliphatic rings. The number of rotatable bonds is 5. The summed E-state index contributed by atoms with van der Waals surface area (Å²) in [6.07, 6.45) is 2.34. The van der Waals surface area contributed by atoms with Gasteiger partial charge in [-0.3, -0.25) is 9.78 Å². The molecule has 0 N–H and O–H groups in total. The molecule has 0 radical (unpaired) electrons. The van der Waals surface area contributed by atoms with E-state index < -0.39 is 0 Å². The number of pyridine rings is 1. The fourth-order valence-corrected chi connectivity index (χ4v) is 2.67. The van der Waals surface area contributed by atoms with E-state index >= 15 is 0 Å². The van der Waals surface area contributed by atoms with E-state index in [1.165, 1.54) is 0 Å². The monoisotopic (exact) mass is 355 g/mol. The molecule has 2 heterocycles. The second kappa shape index (κ2) is 7.44. The van der Waals surface area contributed by atoms with E-state index in [2.05, 4.69) is 15.1 Å². The Kier molecular flexibility index (Phi) is 5.09. The molecular formula is C18H18ClN5O. The Bertz CT molecular complexity index is 878. The number of aromatic nitrogens is 4. The van der Waals surface area contributed by atoms with Crippen molar-refractivity contribution in [2.75, 3.05) is 7.05 Å². The molecule has 0 aliphatic carbocycles. The van der Waals surface area contributed by atoms with Crippen molar-refractivity contribution in [2.45, 2.75) is 19.9 Å². The highest BCUT2D eigenvalue weighted by Crippen LogP contribution is 2.21. The van der Waals surface area contributed by atoms with Crippen molar-refractivity contribution in [3.63, 3.8) is 0 Å². The molecule has 0 atom stereocenters. The van der Waals surface area contributed by atoms with Gasteiger partial charge >= 0.3 is 0 Å². The number of hydrogen-bond acceptors (Lipinski definition) is 4. The first-order chi connectivity index (χ1) is 12.1. The molecular weight excluding hydrogens is 338 g/mol. The highest BCUT2D eigenvalue weighted by molar-refractivity contribution is 6.32. The molecule has 0 fully saturated rings. The molecule has 128 valence electrons. The highest BCUT2D eigenvalue weighted by Gasteiger charge is 2.21. The van der Waals surface area contributed by atoms with Crippen molar-refractivity contribution in [1.82, 2.24) is 24.6 Å².